The summed E-state index contributed by atoms with van der Waals surface area (Å²) < 4.78 is 18.4. The lowest BCUT2D eigenvalue weighted by Gasteiger charge is -2.49. The maximum absolute atomic E-state index is 9.97. The Labute approximate surface area is 199 Å². The predicted octanol–water partition coefficient (Wildman–Crippen LogP) is 6.62. The summed E-state index contributed by atoms with van der Waals surface area (Å²) in [5, 5.41) is 9.97. The molecular formula is C29H40O4. The number of hydrogen-bond acceptors (Lipinski definition) is 4. The Kier molecular flexibility index (Phi) is 8.99. The highest BCUT2D eigenvalue weighted by Gasteiger charge is 2.48. The van der Waals surface area contributed by atoms with Crippen LogP contribution in [0.3, 0.4) is 0 Å². The molecule has 0 saturated heterocycles. The van der Waals surface area contributed by atoms with Crippen molar-refractivity contribution in [3.8, 4) is 5.75 Å². The first kappa shape index (κ1) is 25.3. The van der Waals surface area contributed by atoms with Crippen LogP contribution in [-0.4, -0.2) is 31.5 Å². The Hall–Kier alpha value is -2.30. The Bertz CT molecular complexity index is 873. The minimum Gasteiger partial charge on any atom is -0.501 e. The fourth-order valence-corrected chi connectivity index (χ4v) is 5.20. The van der Waals surface area contributed by atoms with Crippen molar-refractivity contribution in [3.63, 3.8) is 0 Å². The summed E-state index contributed by atoms with van der Waals surface area (Å²) in [6.45, 7) is 4.44. The maximum Gasteiger partial charge on any atom is 0.121 e. The summed E-state index contributed by atoms with van der Waals surface area (Å²) in [5.74, 6) is 1.98. The third kappa shape index (κ3) is 5.44. The summed E-state index contributed by atoms with van der Waals surface area (Å²) in [7, 11) is 3.43. The number of allylic oxidation sites excluding steroid dienone is 6. The monoisotopic (exact) mass is 452 g/mol. The van der Waals surface area contributed by atoms with Crippen LogP contribution in [-0.2, 0) is 15.1 Å². The number of hydrogen-bond donors (Lipinski definition) is 1. The van der Waals surface area contributed by atoms with E-state index < -0.39 is 11.2 Å². The maximum atomic E-state index is 9.97. The molecule has 1 N–H and O–H groups in total. The molecule has 0 radical (unpaired) electrons. The molecule has 0 aromatic heterocycles. The van der Waals surface area contributed by atoms with Gasteiger partial charge in [-0.05, 0) is 67.9 Å². The summed E-state index contributed by atoms with van der Waals surface area (Å²) in [6.07, 6.45) is 19.1. The molecule has 0 amide bonds. The molecule has 2 aliphatic rings. The van der Waals surface area contributed by atoms with Crippen LogP contribution in [0.1, 0.15) is 64.4 Å². The van der Waals surface area contributed by atoms with Gasteiger partial charge in [-0.1, -0.05) is 56.4 Å². The van der Waals surface area contributed by atoms with E-state index in [9.17, 15) is 5.11 Å². The third-order valence-electron chi connectivity index (χ3n) is 7.36. The number of aliphatic hydroxyl groups is 1. The molecule has 1 aromatic rings. The van der Waals surface area contributed by atoms with Crippen LogP contribution in [0.15, 0.2) is 72.1 Å². The zero-order valence-corrected chi connectivity index (χ0v) is 20.7. The average molecular weight is 453 g/mol. The zero-order chi connectivity index (χ0) is 23.7. The highest BCUT2D eigenvalue weighted by Crippen LogP contribution is 2.51. The second kappa shape index (κ2) is 11.7. The Morgan fingerprint density at radius 1 is 0.970 bits per heavy atom. The van der Waals surface area contributed by atoms with Crippen LogP contribution in [0, 0.1) is 5.92 Å². The number of benzene rings is 1. The van der Waals surface area contributed by atoms with Gasteiger partial charge in [-0.3, -0.25) is 0 Å². The third-order valence-corrected chi connectivity index (χ3v) is 7.36. The number of methoxy groups -OCH3 is 2. The summed E-state index contributed by atoms with van der Waals surface area (Å²) in [4.78, 5) is 0. The second-order valence-electron chi connectivity index (χ2n) is 8.96. The van der Waals surface area contributed by atoms with Gasteiger partial charge in [-0.2, -0.15) is 0 Å². The van der Waals surface area contributed by atoms with Gasteiger partial charge in [0.25, 0.3) is 0 Å². The minimum atomic E-state index is -0.647. The van der Waals surface area contributed by atoms with Gasteiger partial charge in [-0.25, -0.2) is 0 Å². The van der Waals surface area contributed by atoms with Crippen LogP contribution < -0.4 is 4.74 Å². The van der Waals surface area contributed by atoms with Crippen LogP contribution in [0.4, 0.5) is 0 Å². The fraction of sp³-hybridized carbons (Fsp3) is 0.517. The van der Waals surface area contributed by atoms with Crippen molar-refractivity contribution in [3.05, 3.63) is 77.6 Å². The smallest absolute Gasteiger partial charge is 0.121 e. The Balaban J connectivity index is 2.25. The lowest BCUT2D eigenvalue weighted by molar-refractivity contribution is -0.175. The highest BCUT2D eigenvalue weighted by molar-refractivity contribution is 5.42. The molecular weight excluding hydrogens is 412 g/mol. The minimum absolute atomic E-state index is 0.106. The normalized spacial score (nSPS) is 20.5. The summed E-state index contributed by atoms with van der Waals surface area (Å²) >= 11 is 0. The van der Waals surface area contributed by atoms with E-state index in [0.717, 1.165) is 55.6 Å². The van der Waals surface area contributed by atoms with E-state index in [1.165, 1.54) is 5.57 Å². The van der Waals surface area contributed by atoms with Crippen molar-refractivity contribution >= 4 is 0 Å². The number of rotatable bonds is 11. The van der Waals surface area contributed by atoms with Gasteiger partial charge >= 0.3 is 0 Å². The average Bonchev–Trinajstić information content (AvgIpc) is 3.17. The molecule has 4 heteroatoms. The molecule has 0 saturated carbocycles. The molecule has 4 nitrogen and oxygen atoms in total. The SMILES string of the molecule is CCC(CC)(CCO)OC(C1=CC=C(OC)CC1)(c1ccc(OC)cc1)C1C=CC=CCC1. The van der Waals surface area contributed by atoms with Gasteiger partial charge in [0.05, 0.1) is 25.6 Å². The van der Waals surface area contributed by atoms with Crippen LogP contribution in [0.25, 0.3) is 0 Å². The van der Waals surface area contributed by atoms with Gasteiger partial charge in [0.2, 0.25) is 0 Å². The molecule has 33 heavy (non-hydrogen) atoms. The molecule has 0 bridgehead atoms. The molecule has 2 aliphatic carbocycles. The van der Waals surface area contributed by atoms with Gasteiger partial charge in [0, 0.05) is 18.9 Å². The molecule has 3 rings (SSSR count). The van der Waals surface area contributed by atoms with Crippen LogP contribution in [0.5, 0.6) is 5.75 Å². The van der Waals surface area contributed by atoms with E-state index in [-0.39, 0.29) is 12.5 Å². The van der Waals surface area contributed by atoms with Crippen LogP contribution >= 0.6 is 0 Å². The van der Waals surface area contributed by atoms with Crippen molar-refractivity contribution in [1.82, 2.24) is 0 Å². The topological polar surface area (TPSA) is 47.9 Å². The molecule has 0 aliphatic heterocycles. The first-order chi connectivity index (χ1) is 16.1. The number of ether oxygens (including phenoxy) is 3. The van der Waals surface area contributed by atoms with Gasteiger partial charge in [0.15, 0.2) is 0 Å². The van der Waals surface area contributed by atoms with E-state index in [1.807, 2.05) is 12.1 Å². The molecule has 0 spiro atoms. The Morgan fingerprint density at radius 2 is 1.73 bits per heavy atom. The first-order valence-corrected chi connectivity index (χ1v) is 12.3. The van der Waals surface area contributed by atoms with E-state index in [2.05, 4.69) is 62.4 Å². The second-order valence-corrected chi connectivity index (χ2v) is 8.96. The van der Waals surface area contributed by atoms with E-state index in [1.54, 1.807) is 14.2 Å². The quantitative estimate of drug-likeness (QED) is 0.410. The number of aliphatic hydroxyl groups excluding tert-OH is 1. The van der Waals surface area contributed by atoms with Gasteiger partial charge in [0.1, 0.15) is 11.4 Å². The van der Waals surface area contributed by atoms with Crippen molar-refractivity contribution in [2.75, 3.05) is 20.8 Å². The predicted molar refractivity (Wildman–Crippen MR) is 134 cm³/mol. The van der Waals surface area contributed by atoms with Gasteiger partial charge in [-0.15, -0.1) is 0 Å². The molecule has 2 atom stereocenters. The van der Waals surface area contributed by atoms with Crippen molar-refractivity contribution in [2.45, 2.75) is 70.0 Å². The van der Waals surface area contributed by atoms with Crippen molar-refractivity contribution in [2.24, 2.45) is 5.92 Å². The fourth-order valence-electron chi connectivity index (χ4n) is 5.20. The lowest BCUT2D eigenvalue weighted by Crippen LogP contribution is -2.48. The standard InChI is InChI=1S/C29H40O4/c1-5-28(6-2,21-22-30)33-29(23-11-9-7-8-10-12-23,24-13-17-26(31-3)18-14-24)25-15-19-27(32-4)20-16-25/h7-9,11,13-15,17-19,23,30H,5-6,10,12,16,20-22H2,1-4H3. The molecule has 2 unspecified atom stereocenters. The molecule has 1 aromatic carbocycles. The highest BCUT2D eigenvalue weighted by atomic mass is 16.5. The molecule has 0 heterocycles. The molecule has 0 fully saturated rings. The molecule has 180 valence electrons. The van der Waals surface area contributed by atoms with Gasteiger partial charge < -0.3 is 19.3 Å². The van der Waals surface area contributed by atoms with E-state index in [4.69, 9.17) is 14.2 Å². The summed E-state index contributed by atoms with van der Waals surface area (Å²) in [6, 6.07) is 8.35. The summed E-state index contributed by atoms with van der Waals surface area (Å²) in [5.41, 5.74) is 1.32. The van der Waals surface area contributed by atoms with Crippen molar-refractivity contribution in [1.29, 1.82) is 0 Å². The van der Waals surface area contributed by atoms with Crippen molar-refractivity contribution < 1.29 is 19.3 Å². The first-order valence-electron chi connectivity index (χ1n) is 12.3. The van der Waals surface area contributed by atoms with E-state index in [0.29, 0.717) is 6.42 Å². The zero-order valence-electron chi connectivity index (χ0n) is 20.7. The lowest BCUT2D eigenvalue weighted by atomic mass is 9.70. The van der Waals surface area contributed by atoms with E-state index >= 15 is 0 Å². The van der Waals surface area contributed by atoms with Crippen LogP contribution in [0.2, 0.25) is 0 Å². The Morgan fingerprint density at radius 3 is 2.30 bits per heavy atom. The largest absolute Gasteiger partial charge is 0.501 e.